The standard InChI is InChI=1S/C27H32FN7O4/c1-15(36)31-22(11-16-5-8-19(28)9-6-16)25(37)32-21-10-7-17-3-2-4-18-12-23(35(24(17)18)27(21)39)26(38)29-13-20-14-30-34-33-20/h2-6,8-9,20-23,30,33-34H,7,10-14H2,1H3,(H,29,38)(H,31,36)(H,32,37)/t20?,21-,22-,23-/m0/s1. The zero-order valence-electron chi connectivity index (χ0n) is 21.6. The molecule has 4 amide bonds. The number of benzene rings is 2. The fourth-order valence-corrected chi connectivity index (χ4v) is 5.40. The molecule has 3 aliphatic heterocycles. The van der Waals surface area contributed by atoms with Crippen LogP contribution in [0, 0.1) is 5.82 Å². The largest absolute Gasteiger partial charge is 0.353 e. The van der Waals surface area contributed by atoms with Crippen molar-refractivity contribution in [1.82, 2.24) is 32.3 Å². The van der Waals surface area contributed by atoms with Gasteiger partial charge in [0.05, 0.1) is 11.7 Å². The Kier molecular flexibility index (Phi) is 7.87. The van der Waals surface area contributed by atoms with E-state index in [2.05, 4.69) is 32.3 Å². The van der Waals surface area contributed by atoms with Gasteiger partial charge >= 0.3 is 0 Å². The number of hydrazine groups is 2. The SMILES string of the molecule is CC(=O)N[C@@H](Cc1ccc(F)cc1)C(=O)N[C@H]1CCc2cccc3c2N(C1=O)[C@H](C(=O)NCC1CNNN1)C3. The quantitative estimate of drug-likeness (QED) is 0.263. The summed E-state index contributed by atoms with van der Waals surface area (Å²) in [6.07, 6.45) is 1.40. The summed E-state index contributed by atoms with van der Waals surface area (Å²) in [5.41, 5.74) is 12.0. The second-order valence-corrected chi connectivity index (χ2v) is 10.1. The highest BCUT2D eigenvalue weighted by Gasteiger charge is 2.44. The number of halogens is 1. The van der Waals surface area contributed by atoms with Crippen molar-refractivity contribution >= 4 is 29.3 Å². The van der Waals surface area contributed by atoms with Crippen LogP contribution >= 0.6 is 0 Å². The van der Waals surface area contributed by atoms with Gasteiger partial charge in [0.25, 0.3) is 0 Å². The Morgan fingerprint density at radius 2 is 1.90 bits per heavy atom. The molecule has 5 rings (SSSR count). The maximum absolute atomic E-state index is 13.9. The second kappa shape index (κ2) is 11.5. The molecule has 0 bridgehead atoms. The maximum atomic E-state index is 13.9. The summed E-state index contributed by atoms with van der Waals surface area (Å²) >= 11 is 0. The van der Waals surface area contributed by atoms with E-state index in [1.165, 1.54) is 24.0 Å². The fraction of sp³-hybridized carbons (Fsp3) is 0.407. The van der Waals surface area contributed by atoms with Crippen molar-refractivity contribution in [2.24, 2.45) is 0 Å². The van der Waals surface area contributed by atoms with Crippen LogP contribution in [0.5, 0.6) is 0 Å². The Bertz CT molecular complexity index is 1270. The highest BCUT2D eigenvalue weighted by Crippen LogP contribution is 2.39. The average molecular weight is 538 g/mol. The van der Waals surface area contributed by atoms with Crippen molar-refractivity contribution in [2.75, 3.05) is 18.0 Å². The van der Waals surface area contributed by atoms with Crippen LogP contribution in [0.15, 0.2) is 42.5 Å². The van der Waals surface area contributed by atoms with Gasteiger partial charge in [-0.25, -0.2) is 15.2 Å². The lowest BCUT2D eigenvalue weighted by molar-refractivity contribution is -0.131. The number of hydrogen-bond acceptors (Lipinski definition) is 7. The van der Waals surface area contributed by atoms with Gasteiger partial charge in [0.15, 0.2) is 0 Å². The number of para-hydroxylation sites is 1. The molecule has 4 atom stereocenters. The van der Waals surface area contributed by atoms with Gasteiger partial charge in [0.2, 0.25) is 23.6 Å². The molecule has 0 spiro atoms. The zero-order chi connectivity index (χ0) is 27.5. The number of carbonyl (C=O) groups is 4. The third-order valence-electron chi connectivity index (χ3n) is 7.31. The predicted octanol–water partition coefficient (Wildman–Crippen LogP) is -0.641. The molecule has 206 valence electrons. The zero-order valence-corrected chi connectivity index (χ0v) is 21.6. The van der Waals surface area contributed by atoms with Crippen LogP contribution in [0.1, 0.15) is 30.0 Å². The minimum Gasteiger partial charge on any atom is -0.353 e. The first-order chi connectivity index (χ1) is 18.8. The van der Waals surface area contributed by atoms with Crippen LogP contribution in [-0.4, -0.2) is 60.9 Å². The molecule has 0 aliphatic carbocycles. The fourth-order valence-electron chi connectivity index (χ4n) is 5.40. The first-order valence-corrected chi connectivity index (χ1v) is 13.1. The van der Waals surface area contributed by atoms with Crippen molar-refractivity contribution in [1.29, 1.82) is 0 Å². The van der Waals surface area contributed by atoms with Gasteiger partial charge in [-0.3, -0.25) is 24.1 Å². The Labute approximate surface area is 225 Å². The first-order valence-electron chi connectivity index (χ1n) is 13.1. The minimum atomic E-state index is -0.958. The molecule has 2 aromatic rings. The van der Waals surface area contributed by atoms with Gasteiger partial charge < -0.3 is 16.0 Å². The van der Waals surface area contributed by atoms with Crippen LogP contribution in [0.25, 0.3) is 0 Å². The Morgan fingerprint density at radius 1 is 1.13 bits per heavy atom. The minimum absolute atomic E-state index is 0.00646. The topological polar surface area (TPSA) is 144 Å². The molecular weight excluding hydrogens is 505 g/mol. The summed E-state index contributed by atoms with van der Waals surface area (Å²) in [5.74, 6) is -1.96. The Balaban J connectivity index is 1.33. The van der Waals surface area contributed by atoms with E-state index in [0.29, 0.717) is 37.9 Å². The molecule has 1 fully saturated rings. The molecule has 2 aromatic carbocycles. The molecule has 0 saturated carbocycles. The van der Waals surface area contributed by atoms with E-state index in [1.807, 2.05) is 18.2 Å². The van der Waals surface area contributed by atoms with Crippen LogP contribution in [0.2, 0.25) is 0 Å². The normalized spacial score (nSPS) is 22.6. The van der Waals surface area contributed by atoms with E-state index < -0.39 is 35.8 Å². The number of aryl methyl sites for hydroxylation is 1. The van der Waals surface area contributed by atoms with Crippen molar-refractivity contribution in [2.45, 2.75) is 56.8 Å². The van der Waals surface area contributed by atoms with Gasteiger partial charge in [-0.1, -0.05) is 30.3 Å². The number of amides is 4. The lowest BCUT2D eigenvalue weighted by Crippen LogP contribution is -2.57. The van der Waals surface area contributed by atoms with E-state index in [1.54, 1.807) is 12.1 Å². The third kappa shape index (κ3) is 5.92. The number of anilines is 1. The summed E-state index contributed by atoms with van der Waals surface area (Å²) in [5, 5.41) is 8.40. The van der Waals surface area contributed by atoms with Crippen LogP contribution in [0.4, 0.5) is 10.1 Å². The molecule has 39 heavy (non-hydrogen) atoms. The maximum Gasteiger partial charge on any atom is 0.250 e. The molecule has 12 heteroatoms. The molecule has 1 saturated heterocycles. The lowest BCUT2D eigenvalue weighted by atomic mass is 10.0. The van der Waals surface area contributed by atoms with Crippen molar-refractivity contribution in [3.05, 3.63) is 65.0 Å². The second-order valence-electron chi connectivity index (χ2n) is 10.1. The van der Waals surface area contributed by atoms with Gasteiger partial charge in [-0.15, -0.1) is 0 Å². The number of hydrogen-bond donors (Lipinski definition) is 6. The van der Waals surface area contributed by atoms with E-state index in [9.17, 15) is 23.6 Å². The molecular formula is C27H32FN7O4. The molecule has 3 heterocycles. The van der Waals surface area contributed by atoms with E-state index >= 15 is 0 Å². The highest BCUT2D eigenvalue weighted by molar-refractivity contribution is 6.08. The first kappa shape index (κ1) is 26.7. The summed E-state index contributed by atoms with van der Waals surface area (Å²) in [6.45, 7) is 2.32. The van der Waals surface area contributed by atoms with E-state index in [4.69, 9.17) is 0 Å². The number of carbonyl (C=O) groups excluding carboxylic acids is 4. The van der Waals surface area contributed by atoms with Crippen molar-refractivity contribution < 1.29 is 23.6 Å². The number of rotatable bonds is 8. The number of nitrogens with one attached hydrogen (secondary N) is 6. The summed E-state index contributed by atoms with van der Waals surface area (Å²) < 4.78 is 13.4. The molecule has 3 aliphatic rings. The smallest absolute Gasteiger partial charge is 0.250 e. The monoisotopic (exact) mass is 537 g/mol. The molecule has 0 radical (unpaired) electrons. The van der Waals surface area contributed by atoms with Gasteiger partial charge in [0.1, 0.15) is 23.9 Å². The highest BCUT2D eigenvalue weighted by atomic mass is 19.1. The van der Waals surface area contributed by atoms with Crippen molar-refractivity contribution in [3.8, 4) is 0 Å². The summed E-state index contributed by atoms with van der Waals surface area (Å²) in [7, 11) is 0. The van der Waals surface area contributed by atoms with Gasteiger partial charge in [-0.2, -0.15) is 5.53 Å². The summed E-state index contributed by atoms with van der Waals surface area (Å²) in [6, 6.07) is 8.88. The van der Waals surface area contributed by atoms with Crippen molar-refractivity contribution in [3.63, 3.8) is 0 Å². The number of nitrogens with zero attached hydrogens (tertiary/aromatic N) is 1. The van der Waals surface area contributed by atoms with Gasteiger partial charge in [-0.05, 0) is 41.7 Å². The lowest BCUT2D eigenvalue weighted by Gasteiger charge is -2.29. The summed E-state index contributed by atoms with van der Waals surface area (Å²) in [4.78, 5) is 53.9. The molecule has 6 N–H and O–H groups in total. The Hall–Kier alpha value is -3.87. The predicted molar refractivity (Wildman–Crippen MR) is 140 cm³/mol. The third-order valence-corrected chi connectivity index (χ3v) is 7.31. The van der Waals surface area contributed by atoms with E-state index in [0.717, 1.165) is 16.8 Å². The molecule has 0 aromatic heterocycles. The van der Waals surface area contributed by atoms with Crippen LogP contribution in [0.3, 0.4) is 0 Å². The average Bonchev–Trinajstić information content (AvgIpc) is 3.55. The van der Waals surface area contributed by atoms with Crippen LogP contribution in [-0.2, 0) is 38.4 Å². The Morgan fingerprint density at radius 3 is 2.62 bits per heavy atom. The molecule has 11 nitrogen and oxygen atoms in total. The van der Waals surface area contributed by atoms with Crippen LogP contribution < -0.4 is 37.2 Å². The molecule has 1 unspecified atom stereocenters. The van der Waals surface area contributed by atoms with E-state index in [-0.39, 0.29) is 24.3 Å². The van der Waals surface area contributed by atoms with Gasteiger partial charge in [0, 0.05) is 32.9 Å².